The third kappa shape index (κ3) is 1.51. The highest BCUT2D eigenvalue weighted by molar-refractivity contribution is 9.10. The number of hydrogen-bond donors (Lipinski definition) is 0. The molecular formula is C12H16BrN. The molecule has 0 atom stereocenters. The third-order valence-electron chi connectivity index (χ3n) is 3.27. The molecule has 0 bridgehead atoms. The predicted octanol–water partition coefficient (Wildman–Crippen LogP) is 3.31. The molecule has 0 N–H and O–H groups in total. The number of nitrogens with zero attached hydrogens (tertiary/aromatic N) is 1. The van der Waals surface area contributed by atoms with Gasteiger partial charge >= 0.3 is 0 Å². The van der Waals surface area contributed by atoms with Gasteiger partial charge < -0.3 is 0 Å². The normalized spacial score (nSPS) is 18.6. The van der Waals surface area contributed by atoms with Crippen LogP contribution in [-0.4, -0.2) is 19.0 Å². The number of hydrogen-bond acceptors (Lipinski definition) is 1. The lowest BCUT2D eigenvalue weighted by Crippen LogP contribution is -2.28. The Morgan fingerprint density at radius 1 is 1.29 bits per heavy atom. The van der Waals surface area contributed by atoms with E-state index < -0.39 is 0 Å². The van der Waals surface area contributed by atoms with Crippen molar-refractivity contribution in [2.75, 3.05) is 14.1 Å². The first-order chi connectivity index (χ1) is 6.56. The van der Waals surface area contributed by atoms with E-state index in [0.29, 0.717) is 5.54 Å². The molecular weight excluding hydrogens is 238 g/mol. The fourth-order valence-electron chi connectivity index (χ4n) is 2.23. The summed E-state index contributed by atoms with van der Waals surface area (Å²) in [7, 11) is 4.35. The summed E-state index contributed by atoms with van der Waals surface area (Å²) in [6.07, 6.45) is 2.59. The smallest absolute Gasteiger partial charge is 0.0459 e. The van der Waals surface area contributed by atoms with Gasteiger partial charge in [-0.1, -0.05) is 22.0 Å². The first kappa shape index (κ1) is 10.2. The van der Waals surface area contributed by atoms with Crippen molar-refractivity contribution < 1.29 is 0 Å². The molecule has 1 aromatic rings. The highest BCUT2D eigenvalue weighted by Gasteiger charge is 2.46. The highest BCUT2D eigenvalue weighted by atomic mass is 79.9. The SMILES string of the molecule is Cc1cc(Br)ccc1C1(N(C)C)CC1. The third-order valence-corrected chi connectivity index (χ3v) is 3.76. The first-order valence-electron chi connectivity index (χ1n) is 5.00. The predicted molar refractivity (Wildman–Crippen MR) is 63.5 cm³/mol. The van der Waals surface area contributed by atoms with Crippen LogP contribution in [0.4, 0.5) is 0 Å². The van der Waals surface area contributed by atoms with Crippen molar-refractivity contribution in [3.05, 3.63) is 33.8 Å². The topological polar surface area (TPSA) is 3.24 Å². The van der Waals surface area contributed by atoms with Crippen molar-refractivity contribution >= 4 is 15.9 Å². The molecule has 1 fully saturated rings. The van der Waals surface area contributed by atoms with E-state index in [1.165, 1.54) is 28.4 Å². The molecule has 2 heteroatoms. The average molecular weight is 254 g/mol. The molecule has 1 aliphatic rings. The average Bonchev–Trinajstić information content (AvgIpc) is 2.84. The van der Waals surface area contributed by atoms with Gasteiger partial charge in [0.15, 0.2) is 0 Å². The molecule has 0 unspecified atom stereocenters. The van der Waals surface area contributed by atoms with Gasteiger partial charge in [-0.15, -0.1) is 0 Å². The summed E-state index contributed by atoms with van der Waals surface area (Å²) >= 11 is 3.51. The molecule has 0 spiro atoms. The maximum absolute atomic E-state index is 3.51. The van der Waals surface area contributed by atoms with Crippen LogP contribution in [0, 0.1) is 6.92 Å². The van der Waals surface area contributed by atoms with Crippen molar-refractivity contribution in [1.82, 2.24) is 4.90 Å². The van der Waals surface area contributed by atoms with Crippen LogP contribution in [0.25, 0.3) is 0 Å². The first-order valence-corrected chi connectivity index (χ1v) is 5.80. The van der Waals surface area contributed by atoms with E-state index in [0.717, 1.165) is 0 Å². The van der Waals surface area contributed by atoms with Crippen LogP contribution in [-0.2, 0) is 5.54 Å². The van der Waals surface area contributed by atoms with Crippen LogP contribution in [0.1, 0.15) is 24.0 Å². The molecule has 2 rings (SSSR count). The maximum atomic E-state index is 3.51. The Labute approximate surface area is 94.2 Å². The fraction of sp³-hybridized carbons (Fsp3) is 0.500. The molecule has 1 aromatic carbocycles. The molecule has 0 radical (unpaired) electrons. The van der Waals surface area contributed by atoms with Gasteiger partial charge in [0.2, 0.25) is 0 Å². The van der Waals surface area contributed by atoms with Crippen molar-refractivity contribution in [3.8, 4) is 0 Å². The molecule has 0 aromatic heterocycles. The number of benzene rings is 1. The zero-order chi connectivity index (χ0) is 10.3. The van der Waals surface area contributed by atoms with Crippen LogP contribution in [0.15, 0.2) is 22.7 Å². The monoisotopic (exact) mass is 253 g/mol. The summed E-state index contributed by atoms with van der Waals surface area (Å²) in [4.78, 5) is 2.35. The quantitative estimate of drug-likeness (QED) is 0.782. The number of halogens is 1. The second kappa shape index (κ2) is 3.35. The molecule has 0 heterocycles. The van der Waals surface area contributed by atoms with Gasteiger partial charge in [0.05, 0.1) is 0 Å². The second-order valence-corrected chi connectivity index (χ2v) is 5.30. The lowest BCUT2D eigenvalue weighted by Gasteiger charge is -2.26. The van der Waals surface area contributed by atoms with E-state index in [2.05, 4.69) is 60.0 Å². The van der Waals surface area contributed by atoms with Gasteiger partial charge in [-0.2, -0.15) is 0 Å². The minimum atomic E-state index is 0.338. The summed E-state index contributed by atoms with van der Waals surface area (Å²) in [6.45, 7) is 2.20. The Balaban J connectivity index is 2.42. The van der Waals surface area contributed by atoms with E-state index in [1.807, 2.05) is 0 Å². The Morgan fingerprint density at radius 2 is 1.93 bits per heavy atom. The lowest BCUT2D eigenvalue weighted by atomic mass is 9.98. The summed E-state index contributed by atoms with van der Waals surface area (Å²) in [5.74, 6) is 0. The molecule has 14 heavy (non-hydrogen) atoms. The standard InChI is InChI=1S/C12H16BrN/c1-9-8-10(13)4-5-11(9)12(6-7-12)14(2)3/h4-5,8H,6-7H2,1-3H3. The Morgan fingerprint density at radius 3 is 2.36 bits per heavy atom. The van der Waals surface area contributed by atoms with Gasteiger partial charge in [0.1, 0.15) is 0 Å². The van der Waals surface area contributed by atoms with Crippen molar-refractivity contribution in [1.29, 1.82) is 0 Å². The van der Waals surface area contributed by atoms with Crippen LogP contribution in [0.3, 0.4) is 0 Å². The van der Waals surface area contributed by atoms with Gasteiger partial charge in [-0.25, -0.2) is 0 Å². The van der Waals surface area contributed by atoms with Crippen molar-refractivity contribution in [2.45, 2.75) is 25.3 Å². The van der Waals surface area contributed by atoms with E-state index in [9.17, 15) is 0 Å². The van der Waals surface area contributed by atoms with Gasteiger partial charge in [0, 0.05) is 10.0 Å². The molecule has 0 amide bonds. The molecule has 0 aliphatic heterocycles. The zero-order valence-electron chi connectivity index (χ0n) is 8.97. The van der Waals surface area contributed by atoms with E-state index in [1.54, 1.807) is 0 Å². The lowest BCUT2D eigenvalue weighted by molar-refractivity contribution is 0.274. The molecule has 76 valence electrons. The summed E-state index contributed by atoms with van der Waals surface area (Å²) < 4.78 is 1.17. The summed E-state index contributed by atoms with van der Waals surface area (Å²) in [5, 5.41) is 0. The van der Waals surface area contributed by atoms with E-state index in [4.69, 9.17) is 0 Å². The van der Waals surface area contributed by atoms with Crippen LogP contribution >= 0.6 is 15.9 Å². The maximum Gasteiger partial charge on any atom is 0.0459 e. The molecule has 1 saturated carbocycles. The van der Waals surface area contributed by atoms with Crippen LogP contribution < -0.4 is 0 Å². The second-order valence-electron chi connectivity index (χ2n) is 4.39. The minimum absolute atomic E-state index is 0.338. The molecule has 0 saturated heterocycles. The minimum Gasteiger partial charge on any atom is -0.300 e. The fourth-order valence-corrected chi connectivity index (χ4v) is 2.70. The Bertz CT molecular complexity index is 353. The molecule has 1 nitrogen and oxygen atoms in total. The zero-order valence-corrected chi connectivity index (χ0v) is 10.6. The van der Waals surface area contributed by atoms with Gasteiger partial charge in [-0.3, -0.25) is 4.90 Å². The van der Waals surface area contributed by atoms with Crippen LogP contribution in [0.5, 0.6) is 0 Å². The molecule has 1 aliphatic carbocycles. The number of aryl methyl sites for hydroxylation is 1. The van der Waals surface area contributed by atoms with Crippen molar-refractivity contribution in [2.24, 2.45) is 0 Å². The Hall–Kier alpha value is -0.340. The van der Waals surface area contributed by atoms with Gasteiger partial charge in [-0.05, 0) is 57.1 Å². The van der Waals surface area contributed by atoms with Gasteiger partial charge in [0.25, 0.3) is 0 Å². The summed E-state index contributed by atoms with van der Waals surface area (Å²) in [5.41, 5.74) is 3.22. The van der Waals surface area contributed by atoms with Crippen LogP contribution in [0.2, 0.25) is 0 Å². The highest BCUT2D eigenvalue weighted by Crippen LogP contribution is 2.50. The largest absolute Gasteiger partial charge is 0.300 e. The Kier molecular flexibility index (Phi) is 2.44. The number of rotatable bonds is 2. The van der Waals surface area contributed by atoms with E-state index >= 15 is 0 Å². The van der Waals surface area contributed by atoms with Crippen molar-refractivity contribution in [3.63, 3.8) is 0 Å². The summed E-state index contributed by atoms with van der Waals surface area (Å²) in [6, 6.07) is 6.61. The van der Waals surface area contributed by atoms with E-state index in [-0.39, 0.29) is 0 Å².